The number of furan rings is 1. The van der Waals surface area contributed by atoms with E-state index in [1.165, 1.54) is 6.26 Å². The second-order valence-electron chi connectivity index (χ2n) is 4.52. The molecule has 0 aliphatic rings. The Bertz CT molecular complexity index is 854. The first-order chi connectivity index (χ1) is 10.2. The summed E-state index contributed by atoms with van der Waals surface area (Å²) in [5, 5.41) is 9.98. The number of hydrogen-bond acceptors (Lipinski definition) is 4. The molecule has 0 fully saturated rings. The predicted molar refractivity (Wildman–Crippen MR) is 76.1 cm³/mol. The van der Waals surface area contributed by atoms with Crippen molar-refractivity contribution < 1.29 is 9.21 Å². The number of aromatic nitrogens is 1. The molecule has 2 aromatic heterocycles. The summed E-state index contributed by atoms with van der Waals surface area (Å²) >= 11 is 0. The number of benzene rings is 1. The van der Waals surface area contributed by atoms with Gasteiger partial charge in [0.2, 0.25) is 0 Å². The summed E-state index contributed by atoms with van der Waals surface area (Å²) in [5.74, 6) is 5.27. The summed E-state index contributed by atoms with van der Waals surface area (Å²) < 4.78 is 7.28. The Morgan fingerprint density at radius 3 is 3.00 bits per heavy atom. The van der Waals surface area contributed by atoms with Crippen molar-refractivity contribution in [2.45, 2.75) is 6.54 Å². The van der Waals surface area contributed by atoms with E-state index in [1.807, 2.05) is 29.0 Å². The lowest BCUT2D eigenvalue weighted by atomic mass is 10.1. The fourth-order valence-electron chi connectivity index (χ4n) is 2.36. The number of carbonyl (C=O) groups excluding carboxylic acids is 1. The lowest BCUT2D eigenvalue weighted by Crippen LogP contribution is -2.30. The zero-order valence-electron chi connectivity index (χ0n) is 11.0. The number of nitrogens with one attached hydrogen (secondary N) is 1. The van der Waals surface area contributed by atoms with Gasteiger partial charge in [0.25, 0.3) is 5.91 Å². The van der Waals surface area contributed by atoms with Crippen LogP contribution in [0.3, 0.4) is 0 Å². The number of amides is 1. The van der Waals surface area contributed by atoms with Gasteiger partial charge < -0.3 is 8.98 Å². The zero-order valence-corrected chi connectivity index (χ0v) is 11.0. The van der Waals surface area contributed by atoms with E-state index >= 15 is 0 Å². The molecule has 0 aliphatic heterocycles. The number of fused-ring (bicyclic) bond motifs is 1. The minimum Gasteiger partial charge on any atom is -0.467 e. The lowest BCUT2D eigenvalue weighted by Gasteiger charge is -2.05. The van der Waals surface area contributed by atoms with E-state index in [-0.39, 0.29) is 0 Å². The average molecular weight is 280 g/mol. The van der Waals surface area contributed by atoms with E-state index in [9.17, 15) is 4.79 Å². The third-order valence-corrected chi connectivity index (χ3v) is 3.37. The first-order valence-corrected chi connectivity index (χ1v) is 6.30. The van der Waals surface area contributed by atoms with E-state index in [4.69, 9.17) is 15.5 Å². The van der Waals surface area contributed by atoms with E-state index in [0.717, 1.165) is 10.9 Å². The second kappa shape index (κ2) is 5.15. The Balaban J connectivity index is 2.02. The highest BCUT2D eigenvalue weighted by atomic mass is 16.3. The monoisotopic (exact) mass is 280 g/mol. The Labute approximate surface area is 120 Å². The van der Waals surface area contributed by atoms with Gasteiger partial charge in [-0.3, -0.25) is 10.2 Å². The molecule has 0 spiro atoms. The third-order valence-electron chi connectivity index (χ3n) is 3.37. The highest BCUT2D eigenvalue weighted by molar-refractivity contribution is 5.94. The Hall–Kier alpha value is -3.04. The largest absolute Gasteiger partial charge is 0.467 e. The molecule has 0 saturated carbocycles. The molecule has 0 unspecified atom stereocenters. The minimum atomic E-state index is -0.395. The van der Waals surface area contributed by atoms with Crippen molar-refractivity contribution in [3.8, 4) is 6.07 Å². The number of hydrogen-bond donors (Lipinski definition) is 2. The molecule has 104 valence electrons. The maximum atomic E-state index is 11.6. The summed E-state index contributed by atoms with van der Waals surface area (Å²) in [6.45, 7) is 0.383. The molecule has 3 rings (SSSR count). The molecule has 0 saturated heterocycles. The summed E-state index contributed by atoms with van der Waals surface area (Å²) in [7, 11) is 0. The molecule has 3 N–H and O–H groups in total. The van der Waals surface area contributed by atoms with Gasteiger partial charge in [0, 0.05) is 17.1 Å². The van der Waals surface area contributed by atoms with Crippen molar-refractivity contribution in [1.29, 1.82) is 5.26 Å². The first-order valence-electron chi connectivity index (χ1n) is 6.30. The van der Waals surface area contributed by atoms with Crippen LogP contribution in [0.4, 0.5) is 0 Å². The van der Waals surface area contributed by atoms with Crippen molar-refractivity contribution in [2.75, 3.05) is 0 Å². The van der Waals surface area contributed by atoms with Crippen LogP contribution in [0.2, 0.25) is 0 Å². The van der Waals surface area contributed by atoms with Crippen molar-refractivity contribution in [3.63, 3.8) is 0 Å². The van der Waals surface area contributed by atoms with Gasteiger partial charge in [0.05, 0.1) is 30.0 Å². The molecule has 0 bridgehead atoms. The van der Waals surface area contributed by atoms with Gasteiger partial charge in [-0.2, -0.15) is 5.26 Å². The highest BCUT2D eigenvalue weighted by Gasteiger charge is 2.15. The smallest absolute Gasteiger partial charge is 0.268 e. The van der Waals surface area contributed by atoms with E-state index < -0.39 is 5.91 Å². The summed E-state index contributed by atoms with van der Waals surface area (Å²) in [6, 6.07) is 11.1. The van der Waals surface area contributed by atoms with Gasteiger partial charge in [-0.1, -0.05) is 6.07 Å². The summed E-state index contributed by atoms with van der Waals surface area (Å²) in [5.41, 5.74) is 4.01. The van der Waals surface area contributed by atoms with Gasteiger partial charge in [0.1, 0.15) is 5.76 Å². The van der Waals surface area contributed by atoms with E-state index in [0.29, 0.717) is 23.4 Å². The molecule has 2 heterocycles. The van der Waals surface area contributed by atoms with Crippen LogP contribution in [0.1, 0.15) is 21.7 Å². The van der Waals surface area contributed by atoms with Crippen LogP contribution in [0, 0.1) is 11.3 Å². The van der Waals surface area contributed by atoms with E-state index in [2.05, 4.69) is 11.5 Å². The Kier molecular flexibility index (Phi) is 3.18. The van der Waals surface area contributed by atoms with Crippen molar-refractivity contribution in [3.05, 3.63) is 59.7 Å². The van der Waals surface area contributed by atoms with Crippen LogP contribution >= 0.6 is 0 Å². The van der Waals surface area contributed by atoms with Crippen LogP contribution < -0.4 is 11.3 Å². The summed E-state index contributed by atoms with van der Waals surface area (Å²) in [4.78, 5) is 11.6. The molecule has 6 heteroatoms. The molecule has 21 heavy (non-hydrogen) atoms. The van der Waals surface area contributed by atoms with Crippen molar-refractivity contribution in [1.82, 2.24) is 9.99 Å². The average Bonchev–Trinajstić information content (AvgIpc) is 3.14. The number of nitrogens with zero attached hydrogens (tertiary/aromatic N) is 2. The van der Waals surface area contributed by atoms with Crippen LogP contribution in [0.15, 0.2) is 47.2 Å². The van der Waals surface area contributed by atoms with E-state index in [1.54, 1.807) is 12.1 Å². The van der Waals surface area contributed by atoms with Crippen LogP contribution in [0.25, 0.3) is 10.9 Å². The van der Waals surface area contributed by atoms with Crippen molar-refractivity contribution >= 4 is 16.8 Å². The summed E-state index contributed by atoms with van der Waals surface area (Å²) in [6.07, 6.45) is 3.31. The van der Waals surface area contributed by atoms with Crippen molar-refractivity contribution in [2.24, 2.45) is 5.84 Å². The molecule has 0 aliphatic carbocycles. The quantitative estimate of drug-likeness (QED) is 0.434. The third kappa shape index (κ3) is 2.16. The fourth-order valence-corrected chi connectivity index (χ4v) is 2.36. The molecule has 0 radical (unpaired) electrons. The van der Waals surface area contributed by atoms with Crippen LogP contribution in [-0.2, 0) is 6.54 Å². The number of nitrogens with two attached hydrogens (primary N) is 1. The number of nitriles is 1. The lowest BCUT2D eigenvalue weighted by molar-refractivity contribution is 0.0951. The van der Waals surface area contributed by atoms with Gasteiger partial charge >= 0.3 is 0 Å². The number of carbonyl (C=O) groups is 1. The molecule has 3 aromatic rings. The van der Waals surface area contributed by atoms with Gasteiger partial charge in [-0.05, 0) is 24.3 Å². The van der Waals surface area contributed by atoms with Crippen LogP contribution in [0.5, 0.6) is 0 Å². The number of hydrazine groups is 1. The predicted octanol–water partition coefficient (Wildman–Crippen LogP) is 1.76. The second-order valence-corrected chi connectivity index (χ2v) is 4.52. The molecular formula is C15H12N4O2. The zero-order chi connectivity index (χ0) is 14.8. The Morgan fingerprint density at radius 2 is 2.24 bits per heavy atom. The number of rotatable bonds is 3. The van der Waals surface area contributed by atoms with Gasteiger partial charge in [-0.25, -0.2) is 5.84 Å². The topological polar surface area (TPSA) is 97.0 Å². The molecule has 6 nitrogen and oxygen atoms in total. The first kappa shape index (κ1) is 13.0. The maximum Gasteiger partial charge on any atom is 0.268 e. The van der Waals surface area contributed by atoms with Gasteiger partial charge in [-0.15, -0.1) is 0 Å². The highest BCUT2D eigenvalue weighted by Crippen LogP contribution is 2.22. The van der Waals surface area contributed by atoms with Crippen LogP contribution in [-0.4, -0.2) is 10.5 Å². The molecule has 1 aromatic carbocycles. The molecular weight excluding hydrogens is 268 g/mol. The number of nitrogen functional groups attached to an aromatic ring is 1. The Morgan fingerprint density at radius 1 is 1.38 bits per heavy atom. The molecule has 1 amide bonds. The normalized spacial score (nSPS) is 10.5. The molecule has 0 atom stereocenters. The van der Waals surface area contributed by atoms with Gasteiger partial charge in [0.15, 0.2) is 0 Å². The SMILES string of the molecule is N#Cc1cccc2c1ccn2Cc1occc1C(=O)NN. The minimum absolute atomic E-state index is 0.383. The standard InChI is InChI=1S/C15H12N4O2/c16-8-10-2-1-3-13-11(10)4-6-19(13)9-14-12(5-7-21-14)15(20)18-17/h1-7H,9,17H2,(H,18,20). The maximum absolute atomic E-state index is 11.6. The fraction of sp³-hybridized carbons (Fsp3) is 0.0667.